The zero-order chi connectivity index (χ0) is 14.6. The van der Waals surface area contributed by atoms with Crippen LogP contribution in [0.2, 0.25) is 0 Å². The number of nitrogens with zero attached hydrogens (tertiary/aromatic N) is 2. The summed E-state index contributed by atoms with van der Waals surface area (Å²) >= 11 is 1.22. The van der Waals surface area contributed by atoms with Gasteiger partial charge in [0.1, 0.15) is 6.04 Å². The van der Waals surface area contributed by atoms with Crippen LogP contribution in [0.15, 0.2) is 5.16 Å². The molecular formula is C12H17N3O3S. The monoisotopic (exact) mass is 283 g/mol. The van der Waals surface area contributed by atoms with Gasteiger partial charge in [0.05, 0.1) is 0 Å². The number of carbonyl (C=O) groups excluding carboxylic acids is 1. The summed E-state index contributed by atoms with van der Waals surface area (Å²) < 4.78 is 0. The molecule has 1 aromatic heterocycles. The van der Waals surface area contributed by atoms with E-state index in [0.29, 0.717) is 5.16 Å². The number of aromatic nitrogens is 2. The standard InChI is InChI=1S/C12H17N3O3S/c1-6-7(2)13-12(14-8(6)3)19-5-10(11(17)18)15-9(4)16/h10H,5H2,1-4H3,(H,15,16)(H,17,18). The van der Waals surface area contributed by atoms with Crippen LogP contribution in [0.25, 0.3) is 0 Å². The van der Waals surface area contributed by atoms with Crippen LogP contribution in [0.1, 0.15) is 23.9 Å². The minimum absolute atomic E-state index is 0.191. The van der Waals surface area contributed by atoms with E-state index in [9.17, 15) is 9.59 Å². The Morgan fingerprint density at radius 3 is 2.21 bits per heavy atom. The molecule has 1 atom stereocenters. The second-order valence-electron chi connectivity index (χ2n) is 4.20. The van der Waals surface area contributed by atoms with Crippen LogP contribution in [0.3, 0.4) is 0 Å². The third kappa shape index (κ3) is 4.51. The number of amides is 1. The lowest BCUT2D eigenvalue weighted by atomic mass is 10.2. The van der Waals surface area contributed by atoms with Crippen molar-refractivity contribution in [2.75, 3.05) is 5.75 Å². The lowest BCUT2D eigenvalue weighted by Crippen LogP contribution is -2.41. The fraction of sp³-hybridized carbons (Fsp3) is 0.500. The molecule has 0 bridgehead atoms. The molecule has 0 fully saturated rings. The maximum atomic E-state index is 11.0. The molecule has 1 aromatic rings. The molecule has 1 rings (SSSR count). The molecule has 0 saturated heterocycles. The Hall–Kier alpha value is -1.63. The lowest BCUT2D eigenvalue weighted by Gasteiger charge is -2.12. The van der Waals surface area contributed by atoms with Gasteiger partial charge in [-0.3, -0.25) is 4.79 Å². The number of hydrogen-bond acceptors (Lipinski definition) is 5. The lowest BCUT2D eigenvalue weighted by molar-refractivity contribution is -0.140. The van der Waals surface area contributed by atoms with E-state index in [1.54, 1.807) is 0 Å². The van der Waals surface area contributed by atoms with Gasteiger partial charge in [-0.2, -0.15) is 0 Å². The Morgan fingerprint density at radius 1 is 1.26 bits per heavy atom. The molecule has 0 spiro atoms. The number of aliphatic carboxylic acids is 1. The highest BCUT2D eigenvalue weighted by Gasteiger charge is 2.19. The van der Waals surface area contributed by atoms with E-state index in [2.05, 4.69) is 15.3 Å². The van der Waals surface area contributed by atoms with Crippen molar-refractivity contribution >= 4 is 23.6 Å². The van der Waals surface area contributed by atoms with Crippen LogP contribution < -0.4 is 5.32 Å². The number of carbonyl (C=O) groups is 2. The van der Waals surface area contributed by atoms with Gasteiger partial charge < -0.3 is 10.4 Å². The summed E-state index contributed by atoms with van der Waals surface area (Å²) in [5, 5.41) is 11.9. The summed E-state index contributed by atoms with van der Waals surface area (Å²) in [5.41, 5.74) is 2.78. The molecule has 104 valence electrons. The first-order valence-corrected chi connectivity index (χ1v) is 6.74. The average Bonchev–Trinajstić information content (AvgIpc) is 2.30. The van der Waals surface area contributed by atoms with E-state index in [1.807, 2.05) is 20.8 Å². The molecule has 1 amide bonds. The van der Waals surface area contributed by atoms with E-state index in [-0.39, 0.29) is 11.7 Å². The first-order chi connectivity index (χ1) is 8.81. The minimum Gasteiger partial charge on any atom is -0.480 e. The van der Waals surface area contributed by atoms with Gasteiger partial charge >= 0.3 is 5.97 Å². The quantitative estimate of drug-likeness (QED) is 0.620. The van der Waals surface area contributed by atoms with Crippen molar-refractivity contribution in [3.8, 4) is 0 Å². The van der Waals surface area contributed by atoms with Crippen molar-refractivity contribution in [2.45, 2.75) is 38.9 Å². The van der Waals surface area contributed by atoms with Crippen molar-refractivity contribution in [2.24, 2.45) is 0 Å². The molecule has 1 unspecified atom stereocenters. The first-order valence-electron chi connectivity index (χ1n) is 5.75. The van der Waals surface area contributed by atoms with Gasteiger partial charge in [0.15, 0.2) is 5.16 Å². The van der Waals surface area contributed by atoms with E-state index < -0.39 is 12.0 Å². The molecule has 0 radical (unpaired) electrons. The van der Waals surface area contributed by atoms with Crippen LogP contribution in [0.4, 0.5) is 0 Å². The Labute approximate surface area is 116 Å². The van der Waals surface area contributed by atoms with E-state index in [4.69, 9.17) is 5.11 Å². The van der Waals surface area contributed by atoms with Crippen molar-refractivity contribution in [1.82, 2.24) is 15.3 Å². The van der Waals surface area contributed by atoms with Crippen LogP contribution in [-0.4, -0.2) is 38.7 Å². The normalized spacial score (nSPS) is 12.0. The molecule has 2 N–H and O–H groups in total. The summed E-state index contributed by atoms with van der Waals surface area (Å²) in [5.74, 6) is -1.25. The molecule has 19 heavy (non-hydrogen) atoms. The molecule has 1 heterocycles. The number of carboxylic acid groups (broad SMARTS) is 1. The zero-order valence-electron chi connectivity index (χ0n) is 11.4. The highest BCUT2D eigenvalue weighted by atomic mass is 32.2. The highest BCUT2D eigenvalue weighted by Crippen LogP contribution is 2.17. The van der Waals surface area contributed by atoms with Crippen molar-refractivity contribution < 1.29 is 14.7 Å². The van der Waals surface area contributed by atoms with Crippen LogP contribution in [-0.2, 0) is 9.59 Å². The Kier molecular flexibility index (Phi) is 5.29. The first kappa shape index (κ1) is 15.4. The molecular weight excluding hydrogens is 266 g/mol. The molecule has 0 aliphatic carbocycles. The molecule has 0 aliphatic heterocycles. The average molecular weight is 283 g/mol. The number of carboxylic acids is 1. The third-order valence-corrected chi connectivity index (χ3v) is 3.61. The van der Waals surface area contributed by atoms with Gasteiger partial charge in [-0.1, -0.05) is 11.8 Å². The predicted octanol–water partition coefficient (Wildman–Crippen LogP) is 1.08. The molecule has 0 aromatic carbocycles. The summed E-state index contributed by atoms with van der Waals surface area (Å²) in [4.78, 5) is 30.5. The maximum absolute atomic E-state index is 11.0. The van der Waals surface area contributed by atoms with Gasteiger partial charge in [-0.15, -0.1) is 0 Å². The van der Waals surface area contributed by atoms with E-state index >= 15 is 0 Å². The highest BCUT2D eigenvalue weighted by molar-refractivity contribution is 7.99. The van der Waals surface area contributed by atoms with Crippen molar-refractivity contribution in [1.29, 1.82) is 0 Å². The van der Waals surface area contributed by atoms with Crippen molar-refractivity contribution in [3.05, 3.63) is 17.0 Å². The topological polar surface area (TPSA) is 92.2 Å². The number of aryl methyl sites for hydroxylation is 2. The van der Waals surface area contributed by atoms with Gasteiger partial charge in [0, 0.05) is 24.1 Å². The van der Waals surface area contributed by atoms with Gasteiger partial charge in [0.2, 0.25) is 5.91 Å². The molecule has 7 heteroatoms. The van der Waals surface area contributed by atoms with E-state index in [1.165, 1.54) is 18.7 Å². The number of rotatable bonds is 5. The van der Waals surface area contributed by atoms with Gasteiger partial charge in [0.25, 0.3) is 0 Å². The Balaban J connectivity index is 2.74. The van der Waals surface area contributed by atoms with E-state index in [0.717, 1.165) is 17.0 Å². The minimum atomic E-state index is -1.07. The number of nitrogens with one attached hydrogen (secondary N) is 1. The molecule has 0 aliphatic rings. The fourth-order valence-electron chi connectivity index (χ4n) is 1.38. The van der Waals surface area contributed by atoms with Crippen molar-refractivity contribution in [3.63, 3.8) is 0 Å². The largest absolute Gasteiger partial charge is 0.480 e. The summed E-state index contributed by atoms with van der Waals surface area (Å²) in [7, 11) is 0. The second kappa shape index (κ2) is 6.51. The van der Waals surface area contributed by atoms with Crippen LogP contribution in [0.5, 0.6) is 0 Å². The third-order valence-electron chi connectivity index (χ3n) is 2.67. The second-order valence-corrected chi connectivity index (χ2v) is 5.19. The summed E-state index contributed by atoms with van der Waals surface area (Å²) in [6, 6.07) is -0.937. The van der Waals surface area contributed by atoms with Gasteiger partial charge in [-0.05, 0) is 26.3 Å². The summed E-state index contributed by atoms with van der Waals surface area (Å²) in [6.07, 6.45) is 0. The zero-order valence-corrected chi connectivity index (χ0v) is 12.2. The Morgan fingerprint density at radius 2 is 1.79 bits per heavy atom. The number of thioether (sulfide) groups is 1. The van der Waals surface area contributed by atoms with Gasteiger partial charge in [-0.25, -0.2) is 14.8 Å². The van der Waals surface area contributed by atoms with Crippen LogP contribution in [0, 0.1) is 20.8 Å². The predicted molar refractivity (Wildman–Crippen MR) is 72.2 cm³/mol. The maximum Gasteiger partial charge on any atom is 0.327 e. The Bertz CT molecular complexity index is 482. The molecule has 6 nitrogen and oxygen atoms in total. The van der Waals surface area contributed by atoms with Crippen LogP contribution >= 0.6 is 11.8 Å². The summed E-state index contributed by atoms with van der Waals surface area (Å²) in [6.45, 7) is 7.00. The molecule has 0 saturated carbocycles. The smallest absolute Gasteiger partial charge is 0.327 e. The number of hydrogen-bond donors (Lipinski definition) is 2. The SMILES string of the molecule is CC(=O)NC(CSc1nc(C)c(C)c(C)n1)C(=O)O. The fourth-order valence-corrected chi connectivity index (χ4v) is 2.33.